The zero-order valence-corrected chi connectivity index (χ0v) is 17.5. The van der Waals surface area contributed by atoms with Gasteiger partial charge in [0.05, 0.1) is 25.0 Å². The number of ether oxygens (including phenoxy) is 1. The molecular formula is C24H24N3O4+. The van der Waals surface area contributed by atoms with Gasteiger partial charge in [-0.2, -0.15) is 0 Å². The number of amides is 3. The third-order valence-electron chi connectivity index (χ3n) is 7.70. The Bertz CT molecular complexity index is 1140. The Morgan fingerprint density at radius 2 is 1.87 bits per heavy atom. The summed E-state index contributed by atoms with van der Waals surface area (Å²) in [7, 11) is 1.57. The van der Waals surface area contributed by atoms with E-state index >= 15 is 0 Å². The van der Waals surface area contributed by atoms with Gasteiger partial charge in [0.25, 0.3) is 5.91 Å². The molecular weight excluding hydrogens is 394 g/mol. The van der Waals surface area contributed by atoms with Crippen molar-refractivity contribution in [1.82, 2.24) is 0 Å². The number of imide groups is 1. The second kappa shape index (κ2) is 6.17. The van der Waals surface area contributed by atoms with Gasteiger partial charge in [-0.05, 0) is 43.3 Å². The van der Waals surface area contributed by atoms with Crippen molar-refractivity contribution in [2.24, 2.45) is 11.8 Å². The van der Waals surface area contributed by atoms with E-state index in [0.29, 0.717) is 11.4 Å². The summed E-state index contributed by atoms with van der Waals surface area (Å²) in [5.74, 6) is -1.12. The summed E-state index contributed by atoms with van der Waals surface area (Å²) in [5.41, 5.74) is 2.16. The molecule has 0 saturated carbocycles. The molecule has 0 bridgehead atoms. The number of nitrogens with one attached hydrogen (secondary N) is 2. The number of quaternary nitrogens is 1. The lowest BCUT2D eigenvalue weighted by atomic mass is 9.75. The van der Waals surface area contributed by atoms with Gasteiger partial charge in [0, 0.05) is 18.4 Å². The van der Waals surface area contributed by atoms with Gasteiger partial charge in [-0.25, -0.2) is 4.90 Å². The van der Waals surface area contributed by atoms with Gasteiger partial charge in [0.15, 0.2) is 0 Å². The number of rotatable bonds is 2. The molecule has 1 unspecified atom stereocenters. The van der Waals surface area contributed by atoms with Crippen LogP contribution in [0.15, 0.2) is 42.5 Å². The number of hydrogen-bond acceptors (Lipinski definition) is 4. The first-order valence-electron chi connectivity index (χ1n) is 10.8. The zero-order valence-electron chi connectivity index (χ0n) is 17.5. The van der Waals surface area contributed by atoms with Crippen LogP contribution in [0.4, 0.5) is 11.4 Å². The van der Waals surface area contributed by atoms with Crippen molar-refractivity contribution >= 4 is 29.1 Å². The van der Waals surface area contributed by atoms with Crippen LogP contribution in [0.1, 0.15) is 24.0 Å². The smallest absolute Gasteiger partial charge is 0.291 e. The third-order valence-corrected chi connectivity index (χ3v) is 7.70. The molecule has 31 heavy (non-hydrogen) atoms. The Hall–Kier alpha value is -3.19. The largest absolute Gasteiger partial charge is 0.497 e. The lowest BCUT2D eigenvalue weighted by Crippen LogP contribution is -3.19. The molecule has 3 amide bonds. The summed E-state index contributed by atoms with van der Waals surface area (Å²) in [5, 5.41) is 3.03. The minimum absolute atomic E-state index is 0.0260. The van der Waals surface area contributed by atoms with Crippen molar-refractivity contribution in [3.63, 3.8) is 0 Å². The predicted molar refractivity (Wildman–Crippen MR) is 113 cm³/mol. The predicted octanol–water partition coefficient (Wildman–Crippen LogP) is 1.02. The van der Waals surface area contributed by atoms with E-state index in [1.54, 1.807) is 31.4 Å². The highest BCUT2D eigenvalue weighted by molar-refractivity contribution is 6.25. The standard InChI is InChI=1S/C24H23N3O4/c1-13-5-10-17-16(12-13)24(23(30)25-17)20-19(18-4-3-11-26(18)24)21(28)27(22(20)29)14-6-8-15(31-2)9-7-14/h5-10,12,18-20H,3-4,11H2,1-2H3,(H,25,30)/p+1/t18-,19+,20-,24-/m0/s1. The van der Waals surface area contributed by atoms with Crippen molar-refractivity contribution in [3.8, 4) is 5.75 Å². The molecule has 2 aromatic carbocycles. The SMILES string of the molecule is COc1ccc(N2C(=O)[C@H]3[C@@H](C2=O)[C@@]2(C(=O)Nc4ccc(C)cc42)[NH+]2CCC[C@@H]32)cc1. The van der Waals surface area contributed by atoms with Crippen LogP contribution in [0.25, 0.3) is 0 Å². The molecule has 5 atom stereocenters. The van der Waals surface area contributed by atoms with E-state index in [4.69, 9.17) is 4.74 Å². The van der Waals surface area contributed by atoms with Gasteiger partial charge in [-0.3, -0.25) is 14.4 Å². The Morgan fingerprint density at radius 1 is 1.10 bits per heavy atom. The Labute approximate surface area is 180 Å². The molecule has 0 aliphatic carbocycles. The second-order valence-electron chi connectivity index (χ2n) is 9.05. The normalized spacial score (nSPS) is 33.0. The quantitative estimate of drug-likeness (QED) is 0.714. The number of carbonyl (C=O) groups excluding carboxylic acids is 3. The summed E-state index contributed by atoms with van der Waals surface area (Å²) in [4.78, 5) is 43.5. The first-order chi connectivity index (χ1) is 15.0. The molecule has 2 aromatic rings. The number of nitrogens with zero attached hydrogens (tertiary/aromatic N) is 1. The van der Waals surface area contributed by atoms with Crippen LogP contribution in [0.5, 0.6) is 5.75 Å². The molecule has 3 saturated heterocycles. The number of benzene rings is 2. The maximum absolute atomic E-state index is 13.9. The molecule has 3 fully saturated rings. The van der Waals surface area contributed by atoms with Crippen LogP contribution >= 0.6 is 0 Å². The van der Waals surface area contributed by atoms with Crippen molar-refractivity contribution in [3.05, 3.63) is 53.6 Å². The van der Waals surface area contributed by atoms with Crippen LogP contribution in [-0.4, -0.2) is 37.4 Å². The highest BCUT2D eigenvalue weighted by Gasteiger charge is 2.78. The highest BCUT2D eigenvalue weighted by Crippen LogP contribution is 2.52. The zero-order chi connectivity index (χ0) is 21.5. The second-order valence-corrected chi connectivity index (χ2v) is 9.05. The molecule has 4 aliphatic rings. The Morgan fingerprint density at radius 3 is 2.61 bits per heavy atom. The molecule has 6 rings (SSSR count). The molecule has 158 valence electrons. The molecule has 0 radical (unpaired) electrons. The fraction of sp³-hybridized carbons (Fsp3) is 0.375. The van der Waals surface area contributed by atoms with E-state index in [9.17, 15) is 14.4 Å². The van der Waals surface area contributed by atoms with Gasteiger partial charge in [-0.1, -0.05) is 11.6 Å². The van der Waals surface area contributed by atoms with E-state index in [2.05, 4.69) is 5.32 Å². The van der Waals surface area contributed by atoms with Gasteiger partial charge >= 0.3 is 0 Å². The van der Waals surface area contributed by atoms with Crippen LogP contribution in [-0.2, 0) is 19.9 Å². The summed E-state index contributed by atoms with van der Waals surface area (Å²) in [6.45, 7) is 2.78. The molecule has 2 N–H and O–H groups in total. The van der Waals surface area contributed by atoms with Gasteiger partial charge in [0.2, 0.25) is 17.4 Å². The fourth-order valence-corrected chi connectivity index (χ4v) is 6.56. The molecule has 7 nitrogen and oxygen atoms in total. The summed E-state index contributed by atoms with van der Waals surface area (Å²) in [6.07, 6.45) is 1.80. The van der Waals surface area contributed by atoms with E-state index in [1.165, 1.54) is 4.90 Å². The third kappa shape index (κ3) is 2.14. The van der Waals surface area contributed by atoms with Crippen LogP contribution in [0.2, 0.25) is 0 Å². The van der Waals surface area contributed by atoms with Gasteiger partial charge < -0.3 is 15.0 Å². The Kier molecular flexibility index (Phi) is 3.69. The van der Waals surface area contributed by atoms with E-state index in [1.807, 2.05) is 25.1 Å². The van der Waals surface area contributed by atoms with E-state index < -0.39 is 17.4 Å². The maximum Gasteiger partial charge on any atom is 0.291 e. The van der Waals surface area contributed by atoms with Gasteiger partial charge in [-0.15, -0.1) is 0 Å². The first kappa shape index (κ1) is 18.6. The summed E-state index contributed by atoms with van der Waals surface area (Å²) in [6, 6.07) is 12.8. The van der Waals surface area contributed by atoms with E-state index in [0.717, 1.165) is 41.1 Å². The number of methoxy groups -OCH3 is 1. The monoisotopic (exact) mass is 418 g/mol. The molecule has 1 spiro atoms. The first-order valence-corrected chi connectivity index (χ1v) is 10.8. The van der Waals surface area contributed by atoms with Crippen molar-refractivity contribution in [1.29, 1.82) is 0 Å². The number of anilines is 2. The van der Waals surface area contributed by atoms with E-state index in [-0.39, 0.29) is 23.8 Å². The molecule has 4 aliphatic heterocycles. The lowest BCUT2D eigenvalue weighted by Gasteiger charge is -2.33. The highest BCUT2D eigenvalue weighted by atomic mass is 16.5. The van der Waals surface area contributed by atoms with Gasteiger partial charge in [0.1, 0.15) is 23.6 Å². The summed E-state index contributed by atoms with van der Waals surface area (Å²) < 4.78 is 5.21. The van der Waals surface area contributed by atoms with Crippen molar-refractivity contribution < 1.29 is 24.0 Å². The molecule has 0 aromatic heterocycles. The average molecular weight is 418 g/mol. The minimum Gasteiger partial charge on any atom is -0.497 e. The number of fused-ring (bicyclic) bond motifs is 7. The summed E-state index contributed by atoms with van der Waals surface area (Å²) >= 11 is 0. The van der Waals surface area contributed by atoms with Crippen LogP contribution < -0.4 is 19.9 Å². The fourth-order valence-electron chi connectivity index (χ4n) is 6.56. The Balaban J connectivity index is 1.53. The maximum atomic E-state index is 13.9. The minimum atomic E-state index is -1.04. The number of aryl methyl sites for hydroxylation is 1. The number of hydrogen-bond donors (Lipinski definition) is 2. The van der Waals surface area contributed by atoms with Crippen molar-refractivity contribution in [2.75, 3.05) is 23.9 Å². The van der Waals surface area contributed by atoms with Crippen LogP contribution in [0, 0.1) is 18.8 Å². The molecule has 4 heterocycles. The topological polar surface area (TPSA) is 80.1 Å². The van der Waals surface area contributed by atoms with Crippen molar-refractivity contribution in [2.45, 2.75) is 31.3 Å². The average Bonchev–Trinajstić information content (AvgIpc) is 3.47. The van der Waals surface area contributed by atoms with Crippen LogP contribution in [0.3, 0.4) is 0 Å². The number of carbonyl (C=O) groups is 3. The molecule has 7 heteroatoms. The lowest BCUT2D eigenvalue weighted by molar-refractivity contribution is -0.948.